The molecule has 9 heteroatoms. The Kier molecular flexibility index (Phi) is 4.45. The van der Waals surface area contributed by atoms with Gasteiger partial charge in [-0.1, -0.05) is 0 Å². The summed E-state index contributed by atoms with van der Waals surface area (Å²) in [5.74, 6) is 0.0279. The van der Waals surface area contributed by atoms with Gasteiger partial charge in [-0.15, -0.1) is 0 Å². The Hall–Kier alpha value is -3.23. The molecule has 7 nitrogen and oxygen atoms in total. The average molecular weight is 362 g/mol. The van der Waals surface area contributed by atoms with Crippen molar-refractivity contribution in [1.29, 1.82) is 0 Å². The van der Waals surface area contributed by atoms with Crippen LogP contribution >= 0.6 is 0 Å². The van der Waals surface area contributed by atoms with E-state index in [1.54, 1.807) is 25.3 Å². The Bertz CT molecular complexity index is 1090. The molecule has 0 atom stereocenters. The number of hydrogen-bond donors (Lipinski definition) is 1. The maximum atomic E-state index is 12.6. The van der Waals surface area contributed by atoms with Crippen LogP contribution in [0.1, 0.15) is 5.56 Å². The third-order valence-corrected chi connectivity index (χ3v) is 4.01. The summed E-state index contributed by atoms with van der Waals surface area (Å²) in [5, 5.41) is 3.36. The lowest BCUT2D eigenvalue weighted by Gasteiger charge is -2.15. The molecule has 1 aromatic carbocycles. The van der Waals surface area contributed by atoms with E-state index in [-0.39, 0.29) is 16.8 Å². The minimum absolute atomic E-state index is 0.0279. The van der Waals surface area contributed by atoms with E-state index in [1.807, 2.05) is 0 Å². The first-order valence-corrected chi connectivity index (χ1v) is 7.67. The number of pyridine rings is 1. The minimum atomic E-state index is -2.90. The van der Waals surface area contributed by atoms with E-state index in [1.165, 1.54) is 30.8 Å². The number of fused-ring (bicyclic) bond motifs is 1. The number of rotatable bonds is 4. The first-order valence-electron chi connectivity index (χ1n) is 7.67. The fraction of sp³-hybridized carbons (Fsp3) is 0.235. The molecule has 0 bridgehead atoms. The van der Waals surface area contributed by atoms with Crippen LogP contribution in [0.4, 0.5) is 20.2 Å². The number of nitrogens with one attached hydrogen (secondary N) is 1. The summed E-state index contributed by atoms with van der Waals surface area (Å²) in [6.07, 6.45) is 1.55. The Balaban J connectivity index is 2.12. The van der Waals surface area contributed by atoms with E-state index < -0.39 is 17.9 Å². The highest BCUT2D eigenvalue weighted by atomic mass is 19.3. The van der Waals surface area contributed by atoms with Gasteiger partial charge in [-0.25, -0.2) is 9.78 Å². The predicted octanol–water partition coefficient (Wildman–Crippen LogP) is 2.29. The van der Waals surface area contributed by atoms with Crippen molar-refractivity contribution in [2.75, 3.05) is 5.32 Å². The van der Waals surface area contributed by atoms with Crippen LogP contribution in [0, 0.1) is 6.92 Å². The molecule has 0 aliphatic rings. The Morgan fingerprint density at radius 1 is 1.12 bits per heavy atom. The van der Waals surface area contributed by atoms with E-state index in [9.17, 15) is 18.4 Å². The number of aryl methyl sites for hydroxylation is 2. The minimum Gasteiger partial charge on any atom is -0.435 e. The maximum Gasteiger partial charge on any atom is 0.387 e. The van der Waals surface area contributed by atoms with Crippen molar-refractivity contribution < 1.29 is 13.5 Å². The fourth-order valence-electron chi connectivity index (χ4n) is 2.65. The number of ether oxygens (including phenoxy) is 1. The molecule has 0 amide bonds. The number of alkyl halides is 2. The summed E-state index contributed by atoms with van der Waals surface area (Å²) in [4.78, 5) is 28.9. The van der Waals surface area contributed by atoms with Crippen molar-refractivity contribution in [3.8, 4) is 5.75 Å². The average Bonchev–Trinajstić information content (AvgIpc) is 2.61. The van der Waals surface area contributed by atoms with Crippen LogP contribution in [-0.4, -0.2) is 20.7 Å². The van der Waals surface area contributed by atoms with Crippen molar-refractivity contribution >= 4 is 22.4 Å². The van der Waals surface area contributed by atoms with Gasteiger partial charge in [0.05, 0.1) is 5.69 Å². The number of halogens is 2. The molecular formula is C17H16F2N4O3. The monoisotopic (exact) mass is 362 g/mol. The molecule has 3 aromatic rings. The van der Waals surface area contributed by atoms with E-state index >= 15 is 0 Å². The second kappa shape index (κ2) is 6.58. The van der Waals surface area contributed by atoms with Gasteiger partial charge in [0.15, 0.2) is 5.65 Å². The predicted molar refractivity (Wildman–Crippen MR) is 93.3 cm³/mol. The zero-order chi connectivity index (χ0) is 19.0. The zero-order valence-electron chi connectivity index (χ0n) is 14.3. The molecule has 3 rings (SSSR count). The molecule has 26 heavy (non-hydrogen) atoms. The fourth-order valence-corrected chi connectivity index (χ4v) is 2.65. The van der Waals surface area contributed by atoms with E-state index in [4.69, 9.17) is 0 Å². The van der Waals surface area contributed by atoms with E-state index in [2.05, 4.69) is 15.0 Å². The molecule has 1 N–H and O–H groups in total. The van der Waals surface area contributed by atoms with Gasteiger partial charge in [0.2, 0.25) is 0 Å². The first-order chi connectivity index (χ1) is 12.3. The molecule has 0 spiro atoms. The highest BCUT2D eigenvalue weighted by Crippen LogP contribution is 2.27. The molecule has 0 unspecified atom stereocenters. The van der Waals surface area contributed by atoms with Crippen LogP contribution in [0.2, 0.25) is 0 Å². The highest BCUT2D eigenvalue weighted by molar-refractivity contribution is 5.92. The summed E-state index contributed by atoms with van der Waals surface area (Å²) in [5.41, 5.74) is 1.06. The van der Waals surface area contributed by atoms with E-state index in [0.29, 0.717) is 16.9 Å². The van der Waals surface area contributed by atoms with Crippen LogP contribution in [0.25, 0.3) is 11.0 Å². The smallest absolute Gasteiger partial charge is 0.387 e. The Labute approximate surface area is 146 Å². The van der Waals surface area contributed by atoms with Crippen molar-refractivity contribution in [3.05, 3.63) is 56.9 Å². The lowest BCUT2D eigenvalue weighted by Crippen LogP contribution is -2.37. The molecule has 0 radical (unpaired) electrons. The van der Waals surface area contributed by atoms with Crippen LogP contribution in [-0.2, 0) is 14.1 Å². The molecule has 2 aromatic heterocycles. The molecule has 0 fully saturated rings. The lowest BCUT2D eigenvalue weighted by molar-refractivity contribution is -0.0498. The summed E-state index contributed by atoms with van der Waals surface area (Å²) in [7, 11) is 2.93. The second-order valence-corrected chi connectivity index (χ2v) is 5.75. The molecule has 2 heterocycles. The van der Waals surface area contributed by atoms with E-state index in [0.717, 1.165) is 4.57 Å². The highest BCUT2D eigenvalue weighted by Gasteiger charge is 2.16. The number of nitrogens with zero attached hydrogens (tertiary/aromatic N) is 3. The van der Waals surface area contributed by atoms with Gasteiger partial charge in [0.25, 0.3) is 5.56 Å². The summed E-state index contributed by atoms with van der Waals surface area (Å²) in [6, 6.07) is 5.88. The topological polar surface area (TPSA) is 78.2 Å². The van der Waals surface area contributed by atoms with Crippen molar-refractivity contribution in [1.82, 2.24) is 14.1 Å². The Morgan fingerprint density at radius 2 is 1.77 bits per heavy atom. The van der Waals surface area contributed by atoms with Crippen molar-refractivity contribution in [2.24, 2.45) is 14.1 Å². The molecular weight excluding hydrogens is 346 g/mol. The normalized spacial score (nSPS) is 11.2. The third-order valence-electron chi connectivity index (χ3n) is 4.01. The van der Waals surface area contributed by atoms with Crippen LogP contribution in [0.3, 0.4) is 0 Å². The van der Waals surface area contributed by atoms with Gasteiger partial charge in [0.1, 0.15) is 11.1 Å². The number of hydrogen-bond acceptors (Lipinski definition) is 5. The molecule has 0 aliphatic heterocycles. The quantitative estimate of drug-likeness (QED) is 0.770. The largest absolute Gasteiger partial charge is 0.435 e. The van der Waals surface area contributed by atoms with Crippen LogP contribution in [0.5, 0.6) is 5.75 Å². The van der Waals surface area contributed by atoms with Gasteiger partial charge < -0.3 is 10.1 Å². The van der Waals surface area contributed by atoms with Crippen LogP contribution < -0.4 is 21.3 Å². The number of benzene rings is 1. The first kappa shape index (κ1) is 17.6. The second-order valence-electron chi connectivity index (χ2n) is 5.75. The zero-order valence-corrected chi connectivity index (χ0v) is 14.3. The maximum absolute atomic E-state index is 12.6. The lowest BCUT2D eigenvalue weighted by atomic mass is 10.1. The number of aromatic nitrogens is 3. The summed E-state index contributed by atoms with van der Waals surface area (Å²) < 4.78 is 31.1. The van der Waals surface area contributed by atoms with Gasteiger partial charge in [-0.2, -0.15) is 8.78 Å². The van der Waals surface area contributed by atoms with Crippen molar-refractivity contribution in [2.45, 2.75) is 13.5 Å². The van der Waals surface area contributed by atoms with Gasteiger partial charge in [-0.05, 0) is 36.8 Å². The molecule has 136 valence electrons. The standard InChI is InChI=1S/C17H16F2N4O3/c1-9-8-20-14-12(15(24)23(3)17(25)22(14)2)13(9)21-10-4-6-11(7-5-10)26-16(18)19/h4-8,16H,1-3H3,(H,20,21). The van der Waals surface area contributed by atoms with Crippen LogP contribution in [0.15, 0.2) is 40.1 Å². The Morgan fingerprint density at radius 3 is 2.38 bits per heavy atom. The molecule has 0 saturated heterocycles. The third kappa shape index (κ3) is 3.03. The molecule has 0 aliphatic carbocycles. The van der Waals surface area contributed by atoms with Gasteiger partial charge in [0, 0.05) is 26.0 Å². The van der Waals surface area contributed by atoms with Gasteiger partial charge in [-0.3, -0.25) is 13.9 Å². The van der Waals surface area contributed by atoms with Gasteiger partial charge >= 0.3 is 12.3 Å². The van der Waals surface area contributed by atoms with Crippen molar-refractivity contribution in [3.63, 3.8) is 0 Å². The number of anilines is 2. The summed E-state index contributed by atoms with van der Waals surface area (Å²) in [6.45, 7) is -1.13. The summed E-state index contributed by atoms with van der Waals surface area (Å²) >= 11 is 0. The molecule has 0 saturated carbocycles. The SMILES string of the molecule is Cc1cnc2c(c1Nc1ccc(OC(F)F)cc1)c(=O)n(C)c(=O)n2C.